The number of rotatable bonds is 4. The maximum atomic E-state index is 12.8. The fraction of sp³-hybridized carbons (Fsp3) is 0.278. The highest BCUT2D eigenvalue weighted by Gasteiger charge is 2.29. The minimum Gasteiger partial charge on any atom is -0.352 e. The molecule has 0 aliphatic carbocycles. The van der Waals surface area contributed by atoms with Gasteiger partial charge in [-0.25, -0.2) is 13.1 Å². The Bertz CT molecular complexity index is 1080. The first-order valence-corrected chi connectivity index (χ1v) is 10.6. The first-order valence-electron chi connectivity index (χ1n) is 8.80. The van der Waals surface area contributed by atoms with Crippen molar-refractivity contribution in [3.05, 3.63) is 59.4 Å². The first kappa shape index (κ1) is 18.9. The molecule has 2 aromatic heterocycles. The molecule has 1 fully saturated rings. The van der Waals surface area contributed by atoms with Crippen LogP contribution in [-0.4, -0.2) is 58.9 Å². The molecular weight excluding hydrogens is 400 g/mol. The average Bonchev–Trinajstić information content (AvgIpc) is 3.15. The van der Waals surface area contributed by atoms with E-state index in [4.69, 9.17) is 11.6 Å². The molecule has 28 heavy (non-hydrogen) atoms. The van der Waals surface area contributed by atoms with Crippen LogP contribution in [0.1, 0.15) is 5.69 Å². The molecule has 0 saturated carbocycles. The SMILES string of the molecule is Cc1ccn(-c2ccc(N3CCN(S(=O)(=O)c4cccc(Cl)c4)CC3)nn2)n1. The summed E-state index contributed by atoms with van der Waals surface area (Å²) in [4.78, 5) is 2.24. The zero-order chi connectivity index (χ0) is 19.7. The molecule has 146 valence electrons. The smallest absolute Gasteiger partial charge is 0.243 e. The van der Waals surface area contributed by atoms with Gasteiger partial charge in [0.2, 0.25) is 10.0 Å². The Morgan fingerprint density at radius 3 is 2.29 bits per heavy atom. The second-order valence-electron chi connectivity index (χ2n) is 6.50. The largest absolute Gasteiger partial charge is 0.352 e. The lowest BCUT2D eigenvalue weighted by Crippen LogP contribution is -2.49. The summed E-state index contributed by atoms with van der Waals surface area (Å²) >= 11 is 5.94. The molecule has 1 aromatic carbocycles. The molecule has 1 aliphatic heterocycles. The van der Waals surface area contributed by atoms with E-state index in [0.717, 1.165) is 5.69 Å². The fourth-order valence-electron chi connectivity index (χ4n) is 3.09. The molecule has 3 aromatic rings. The van der Waals surface area contributed by atoms with Crippen molar-refractivity contribution in [3.63, 3.8) is 0 Å². The van der Waals surface area contributed by atoms with E-state index in [1.165, 1.54) is 10.4 Å². The molecule has 0 spiro atoms. The van der Waals surface area contributed by atoms with Gasteiger partial charge < -0.3 is 4.90 Å². The van der Waals surface area contributed by atoms with E-state index >= 15 is 0 Å². The third kappa shape index (κ3) is 3.73. The van der Waals surface area contributed by atoms with E-state index < -0.39 is 10.0 Å². The standard InChI is InChI=1S/C18H19ClN6O2S/c1-14-7-8-25(22-14)18-6-5-17(20-21-18)23-9-11-24(12-10-23)28(26,27)16-4-2-3-15(19)13-16/h2-8,13H,9-12H2,1H3. The first-order chi connectivity index (χ1) is 13.4. The lowest BCUT2D eigenvalue weighted by Gasteiger charge is -2.34. The summed E-state index contributed by atoms with van der Waals surface area (Å²) in [6.45, 7) is 3.73. The van der Waals surface area contributed by atoms with Crippen molar-refractivity contribution in [3.8, 4) is 5.82 Å². The predicted octanol–water partition coefficient (Wildman–Crippen LogP) is 2.14. The Labute approximate surface area is 168 Å². The summed E-state index contributed by atoms with van der Waals surface area (Å²) in [5.74, 6) is 1.35. The number of aromatic nitrogens is 4. The van der Waals surface area contributed by atoms with E-state index in [2.05, 4.69) is 15.3 Å². The summed E-state index contributed by atoms with van der Waals surface area (Å²) in [6.07, 6.45) is 1.83. The number of anilines is 1. The van der Waals surface area contributed by atoms with Crippen LogP contribution in [0.2, 0.25) is 5.02 Å². The minimum atomic E-state index is -3.56. The Balaban J connectivity index is 1.44. The molecule has 1 saturated heterocycles. The van der Waals surface area contributed by atoms with Gasteiger partial charge in [-0.05, 0) is 43.3 Å². The summed E-state index contributed by atoms with van der Waals surface area (Å²) < 4.78 is 28.7. The van der Waals surface area contributed by atoms with E-state index in [1.807, 2.05) is 36.2 Å². The van der Waals surface area contributed by atoms with Gasteiger partial charge in [-0.15, -0.1) is 10.2 Å². The van der Waals surface area contributed by atoms with Gasteiger partial charge in [-0.2, -0.15) is 9.40 Å². The molecule has 0 amide bonds. The number of halogens is 1. The van der Waals surface area contributed by atoms with Crippen LogP contribution in [0.3, 0.4) is 0 Å². The maximum Gasteiger partial charge on any atom is 0.243 e. The Hall–Kier alpha value is -2.49. The molecule has 10 heteroatoms. The third-order valence-corrected chi connectivity index (χ3v) is 6.72. The highest BCUT2D eigenvalue weighted by molar-refractivity contribution is 7.89. The van der Waals surface area contributed by atoms with Crippen LogP contribution in [0.5, 0.6) is 0 Å². The zero-order valence-corrected chi connectivity index (χ0v) is 16.8. The molecule has 0 radical (unpaired) electrons. The second-order valence-corrected chi connectivity index (χ2v) is 8.87. The lowest BCUT2D eigenvalue weighted by molar-refractivity contribution is 0.383. The van der Waals surface area contributed by atoms with Gasteiger partial charge in [0.25, 0.3) is 0 Å². The minimum absolute atomic E-state index is 0.215. The molecule has 1 aliphatic rings. The molecule has 3 heterocycles. The van der Waals surface area contributed by atoms with Crippen molar-refractivity contribution in [2.24, 2.45) is 0 Å². The Morgan fingerprint density at radius 1 is 0.964 bits per heavy atom. The monoisotopic (exact) mass is 418 g/mol. The van der Waals surface area contributed by atoms with Crippen molar-refractivity contribution in [2.75, 3.05) is 31.1 Å². The molecular formula is C18H19ClN6O2S. The normalized spacial score (nSPS) is 15.7. The van der Waals surface area contributed by atoms with Crippen LogP contribution in [0, 0.1) is 6.92 Å². The predicted molar refractivity (Wildman–Crippen MR) is 106 cm³/mol. The van der Waals surface area contributed by atoms with Crippen LogP contribution >= 0.6 is 11.6 Å². The van der Waals surface area contributed by atoms with Crippen LogP contribution in [0.4, 0.5) is 5.82 Å². The number of hydrogen-bond donors (Lipinski definition) is 0. The molecule has 4 rings (SSSR count). The maximum absolute atomic E-state index is 12.8. The topological polar surface area (TPSA) is 84.2 Å². The Kier molecular flexibility index (Phi) is 5.05. The van der Waals surface area contributed by atoms with Crippen LogP contribution < -0.4 is 4.90 Å². The van der Waals surface area contributed by atoms with E-state index in [0.29, 0.717) is 42.8 Å². The second kappa shape index (κ2) is 7.50. The molecule has 0 unspecified atom stereocenters. The van der Waals surface area contributed by atoms with Gasteiger partial charge in [0.15, 0.2) is 11.6 Å². The van der Waals surface area contributed by atoms with Crippen LogP contribution in [0.15, 0.2) is 53.6 Å². The van der Waals surface area contributed by atoms with Crippen molar-refractivity contribution in [1.29, 1.82) is 0 Å². The van der Waals surface area contributed by atoms with Gasteiger partial charge in [0.1, 0.15) is 0 Å². The van der Waals surface area contributed by atoms with Crippen molar-refractivity contribution < 1.29 is 8.42 Å². The third-order valence-electron chi connectivity index (χ3n) is 4.59. The number of nitrogens with zero attached hydrogens (tertiary/aromatic N) is 6. The summed E-state index contributed by atoms with van der Waals surface area (Å²) in [7, 11) is -3.56. The van der Waals surface area contributed by atoms with Gasteiger partial charge in [-0.3, -0.25) is 0 Å². The van der Waals surface area contributed by atoms with Gasteiger partial charge in [-0.1, -0.05) is 17.7 Å². The van der Waals surface area contributed by atoms with Gasteiger partial charge >= 0.3 is 0 Å². The quantitative estimate of drug-likeness (QED) is 0.645. The molecule has 0 bridgehead atoms. The molecule has 0 atom stereocenters. The molecule has 8 nitrogen and oxygen atoms in total. The van der Waals surface area contributed by atoms with Gasteiger partial charge in [0, 0.05) is 37.4 Å². The van der Waals surface area contributed by atoms with E-state index in [-0.39, 0.29) is 4.90 Å². The number of hydrogen-bond acceptors (Lipinski definition) is 6. The number of sulfonamides is 1. The van der Waals surface area contributed by atoms with Crippen molar-refractivity contribution in [2.45, 2.75) is 11.8 Å². The fourth-order valence-corrected chi connectivity index (χ4v) is 4.81. The van der Waals surface area contributed by atoms with Crippen molar-refractivity contribution in [1.82, 2.24) is 24.3 Å². The van der Waals surface area contributed by atoms with E-state index in [9.17, 15) is 8.42 Å². The number of piperazine rings is 1. The Morgan fingerprint density at radius 2 is 1.68 bits per heavy atom. The number of aryl methyl sites for hydroxylation is 1. The van der Waals surface area contributed by atoms with E-state index in [1.54, 1.807) is 22.9 Å². The van der Waals surface area contributed by atoms with Crippen LogP contribution in [-0.2, 0) is 10.0 Å². The average molecular weight is 419 g/mol. The number of benzene rings is 1. The molecule has 0 N–H and O–H groups in total. The highest BCUT2D eigenvalue weighted by Crippen LogP contribution is 2.22. The summed E-state index contributed by atoms with van der Waals surface area (Å²) in [5.41, 5.74) is 0.905. The van der Waals surface area contributed by atoms with Gasteiger partial charge in [0.05, 0.1) is 10.6 Å². The summed E-state index contributed by atoms with van der Waals surface area (Å²) in [6, 6.07) is 12.0. The van der Waals surface area contributed by atoms with Crippen LogP contribution in [0.25, 0.3) is 5.82 Å². The highest BCUT2D eigenvalue weighted by atomic mass is 35.5. The summed E-state index contributed by atoms with van der Waals surface area (Å²) in [5, 5.41) is 13.2. The lowest BCUT2D eigenvalue weighted by atomic mass is 10.3. The van der Waals surface area contributed by atoms with Crippen molar-refractivity contribution >= 4 is 27.4 Å². The zero-order valence-electron chi connectivity index (χ0n) is 15.2.